The summed E-state index contributed by atoms with van der Waals surface area (Å²) in [5.74, 6) is -1.39. The van der Waals surface area contributed by atoms with Crippen LogP contribution in [0.15, 0.2) is 52.5 Å². The van der Waals surface area contributed by atoms with Crippen LogP contribution >= 0.6 is 11.3 Å². The molecule has 140 valence electrons. The number of hydrogen-bond donors (Lipinski definition) is 1. The first-order chi connectivity index (χ1) is 12.8. The molecule has 0 aliphatic rings. The number of alkyl halides is 3. The van der Waals surface area contributed by atoms with Gasteiger partial charge in [-0.15, -0.1) is 11.3 Å². The molecule has 9 heteroatoms. The molecule has 1 amide bonds. The largest absolute Gasteiger partial charge is 0.461 e. The molecule has 2 aromatic heterocycles. The van der Waals surface area contributed by atoms with Gasteiger partial charge in [0, 0.05) is 10.9 Å². The quantitative estimate of drug-likeness (QED) is 0.635. The maximum Gasteiger partial charge on any atom is 0.434 e. The van der Waals surface area contributed by atoms with Gasteiger partial charge in [0.15, 0.2) is 16.6 Å². The van der Waals surface area contributed by atoms with Gasteiger partial charge in [-0.1, -0.05) is 18.2 Å². The normalized spacial score (nSPS) is 12.6. The van der Waals surface area contributed by atoms with Crippen molar-refractivity contribution >= 4 is 28.2 Å². The number of rotatable bonds is 5. The van der Waals surface area contributed by atoms with E-state index in [-0.39, 0.29) is 16.7 Å². The van der Waals surface area contributed by atoms with E-state index in [2.05, 4.69) is 10.3 Å². The number of carbonyl (C=O) groups excluding carboxylic acids is 2. The molecule has 1 atom stereocenters. The Morgan fingerprint density at radius 2 is 2.00 bits per heavy atom. The predicted octanol–water partition coefficient (Wildman–Crippen LogP) is 4.73. The summed E-state index contributed by atoms with van der Waals surface area (Å²) in [5.41, 5.74) is -0.172. The van der Waals surface area contributed by atoms with Gasteiger partial charge in [-0.05, 0) is 30.7 Å². The predicted molar refractivity (Wildman–Crippen MR) is 92.7 cm³/mol. The van der Waals surface area contributed by atoms with Crippen LogP contribution in [0.3, 0.4) is 0 Å². The number of benzene rings is 1. The van der Waals surface area contributed by atoms with Crippen molar-refractivity contribution in [3.63, 3.8) is 0 Å². The highest BCUT2D eigenvalue weighted by molar-refractivity contribution is 7.13. The monoisotopic (exact) mass is 394 g/mol. The zero-order valence-electron chi connectivity index (χ0n) is 13.9. The van der Waals surface area contributed by atoms with Crippen molar-refractivity contribution < 1.29 is 27.2 Å². The summed E-state index contributed by atoms with van der Waals surface area (Å²) in [6, 6.07) is 9.56. The zero-order chi connectivity index (χ0) is 19.6. The lowest BCUT2D eigenvalue weighted by Crippen LogP contribution is -2.19. The number of anilines is 1. The topological polar surface area (TPSA) is 72.2 Å². The summed E-state index contributed by atoms with van der Waals surface area (Å²) >= 11 is 0.694. The number of halogens is 3. The third-order valence-electron chi connectivity index (χ3n) is 3.81. The Morgan fingerprint density at radius 1 is 1.22 bits per heavy atom. The van der Waals surface area contributed by atoms with E-state index in [1.165, 1.54) is 12.3 Å². The Bertz CT molecular complexity index is 964. The van der Waals surface area contributed by atoms with Gasteiger partial charge >= 0.3 is 6.18 Å². The summed E-state index contributed by atoms with van der Waals surface area (Å²) in [7, 11) is 0. The van der Waals surface area contributed by atoms with Crippen LogP contribution in [0.1, 0.15) is 40.2 Å². The van der Waals surface area contributed by atoms with Crippen molar-refractivity contribution in [2.45, 2.75) is 19.0 Å². The SMILES string of the molecule is CC(C(=O)Nc1nc(C(F)(F)F)cs1)c1cccc(C(=O)c2ccco2)c1. The molecule has 2 heterocycles. The molecule has 0 saturated carbocycles. The Hall–Kier alpha value is -2.94. The molecular weight excluding hydrogens is 381 g/mol. The second-order valence-corrected chi connectivity index (χ2v) is 6.54. The molecule has 0 spiro atoms. The molecule has 0 aliphatic carbocycles. The molecule has 5 nitrogen and oxygen atoms in total. The number of ketones is 1. The van der Waals surface area contributed by atoms with E-state index >= 15 is 0 Å². The van der Waals surface area contributed by atoms with Gasteiger partial charge in [0.2, 0.25) is 11.7 Å². The maximum absolute atomic E-state index is 12.6. The highest BCUT2D eigenvalue weighted by Crippen LogP contribution is 2.32. The molecule has 1 N–H and O–H groups in total. The fourth-order valence-corrected chi connectivity index (χ4v) is 3.05. The third-order valence-corrected chi connectivity index (χ3v) is 4.57. The first-order valence-corrected chi connectivity index (χ1v) is 8.65. The minimum absolute atomic E-state index is 0.137. The summed E-state index contributed by atoms with van der Waals surface area (Å²) in [5, 5.41) is 3.07. The van der Waals surface area contributed by atoms with Crippen molar-refractivity contribution in [1.29, 1.82) is 0 Å². The Kier molecular flexibility index (Phi) is 5.13. The molecule has 0 fully saturated rings. The number of furan rings is 1. The van der Waals surface area contributed by atoms with E-state index in [1.54, 1.807) is 37.3 Å². The standard InChI is InChI=1S/C18H13F3N2O3S/c1-10(16(25)23-17-22-14(9-27-17)18(19,20)21)11-4-2-5-12(8-11)15(24)13-6-3-7-26-13/h2-10H,1H3,(H,22,23,25). The molecule has 0 saturated heterocycles. The number of nitrogens with zero attached hydrogens (tertiary/aromatic N) is 1. The average Bonchev–Trinajstić information content (AvgIpc) is 3.32. The van der Waals surface area contributed by atoms with Gasteiger partial charge in [0.1, 0.15) is 0 Å². The summed E-state index contributed by atoms with van der Waals surface area (Å²) < 4.78 is 42.9. The highest BCUT2D eigenvalue weighted by atomic mass is 32.1. The van der Waals surface area contributed by atoms with Gasteiger partial charge in [-0.3, -0.25) is 9.59 Å². The first kappa shape index (κ1) is 18.8. The lowest BCUT2D eigenvalue weighted by Gasteiger charge is -2.12. The van der Waals surface area contributed by atoms with Crippen molar-refractivity contribution in [3.8, 4) is 0 Å². The summed E-state index contributed by atoms with van der Waals surface area (Å²) in [6.45, 7) is 1.59. The summed E-state index contributed by atoms with van der Waals surface area (Å²) in [6.07, 6.45) is -3.18. The Morgan fingerprint density at radius 3 is 2.63 bits per heavy atom. The van der Waals surface area contributed by atoms with Crippen LogP contribution in [0.2, 0.25) is 0 Å². The number of nitrogens with one attached hydrogen (secondary N) is 1. The fourth-order valence-electron chi connectivity index (χ4n) is 2.33. The first-order valence-electron chi connectivity index (χ1n) is 7.77. The average molecular weight is 394 g/mol. The molecule has 27 heavy (non-hydrogen) atoms. The Labute approximate surface area is 155 Å². The van der Waals surface area contributed by atoms with Crippen molar-refractivity contribution in [2.75, 3.05) is 5.32 Å². The zero-order valence-corrected chi connectivity index (χ0v) is 14.7. The van der Waals surface area contributed by atoms with Gasteiger partial charge in [0.25, 0.3) is 0 Å². The Balaban J connectivity index is 1.74. The van der Waals surface area contributed by atoms with E-state index in [0.717, 1.165) is 5.38 Å². The molecule has 0 radical (unpaired) electrons. The second kappa shape index (κ2) is 7.36. The van der Waals surface area contributed by atoms with Crippen molar-refractivity contribution in [2.24, 2.45) is 0 Å². The molecule has 0 aliphatic heterocycles. The van der Waals surface area contributed by atoms with Gasteiger partial charge in [-0.25, -0.2) is 4.98 Å². The number of carbonyl (C=O) groups is 2. The van der Waals surface area contributed by atoms with E-state index in [9.17, 15) is 22.8 Å². The van der Waals surface area contributed by atoms with E-state index in [4.69, 9.17) is 4.42 Å². The molecule has 3 rings (SSSR count). The lowest BCUT2D eigenvalue weighted by atomic mass is 9.96. The fraction of sp³-hybridized carbons (Fsp3) is 0.167. The molecular formula is C18H13F3N2O3S. The van der Waals surface area contributed by atoms with E-state index < -0.39 is 23.7 Å². The van der Waals surface area contributed by atoms with Crippen LogP contribution in [0.4, 0.5) is 18.3 Å². The van der Waals surface area contributed by atoms with Crippen LogP contribution in [-0.2, 0) is 11.0 Å². The number of hydrogen-bond acceptors (Lipinski definition) is 5. The minimum atomic E-state index is -4.56. The van der Waals surface area contributed by atoms with Crippen LogP contribution in [0, 0.1) is 0 Å². The molecule has 0 bridgehead atoms. The number of thiazole rings is 1. The van der Waals surface area contributed by atoms with Crippen LogP contribution in [0.5, 0.6) is 0 Å². The van der Waals surface area contributed by atoms with Gasteiger partial charge in [0.05, 0.1) is 12.2 Å². The smallest absolute Gasteiger partial charge is 0.434 e. The maximum atomic E-state index is 12.6. The lowest BCUT2D eigenvalue weighted by molar-refractivity contribution is -0.140. The molecule has 1 aromatic carbocycles. The molecule has 1 unspecified atom stereocenters. The van der Waals surface area contributed by atoms with Crippen molar-refractivity contribution in [3.05, 3.63) is 70.6 Å². The minimum Gasteiger partial charge on any atom is -0.461 e. The van der Waals surface area contributed by atoms with E-state index in [0.29, 0.717) is 22.5 Å². The summed E-state index contributed by atoms with van der Waals surface area (Å²) in [4.78, 5) is 28.1. The van der Waals surface area contributed by atoms with E-state index in [1.807, 2.05) is 0 Å². The van der Waals surface area contributed by atoms with Crippen LogP contribution in [0.25, 0.3) is 0 Å². The number of aromatic nitrogens is 1. The van der Waals surface area contributed by atoms with Crippen LogP contribution < -0.4 is 5.32 Å². The third kappa shape index (κ3) is 4.25. The van der Waals surface area contributed by atoms with Gasteiger partial charge in [-0.2, -0.15) is 13.2 Å². The highest BCUT2D eigenvalue weighted by Gasteiger charge is 2.34. The molecule has 3 aromatic rings. The van der Waals surface area contributed by atoms with Gasteiger partial charge < -0.3 is 9.73 Å². The van der Waals surface area contributed by atoms with Crippen molar-refractivity contribution in [1.82, 2.24) is 4.98 Å². The second-order valence-electron chi connectivity index (χ2n) is 5.68. The van der Waals surface area contributed by atoms with Crippen LogP contribution in [-0.4, -0.2) is 16.7 Å². The number of amides is 1.